The van der Waals surface area contributed by atoms with E-state index in [1.54, 1.807) is 0 Å². The molecule has 0 bridgehead atoms. The van der Waals surface area contributed by atoms with Gasteiger partial charge in [0.25, 0.3) is 0 Å². The van der Waals surface area contributed by atoms with Gasteiger partial charge < -0.3 is 11.5 Å². The molecule has 7 heteroatoms. The maximum atomic E-state index is 12.1. The van der Waals surface area contributed by atoms with Crippen LogP contribution in [0.5, 0.6) is 0 Å². The molecule has 0 saturated heterocycles. The van der Waals surface area contributed by atoms with Crippen LogP contribution in [0, 0.1) is 5.41 Å². The van der Waals surface area contributed by atoms with E-state index < -0.39 is 15.9 Å². The number of carbonyl (C=O) groups is 1. The maximum Gasteiger partial charge on any atom is 0.248 e. The number of amides is 1. The molecule has 0 fully saturated rings. The standard InChI is InChI=1S/C13H21N3O3S/c1-13(2,3)6-7-16-20(18,19)11-5-4-9(12(15)17)8-10(11)14/h4-5,8,16H,6-7,14H2,1-3H3,(H2,15,17). The third-order valence-electron chi connectivity index (χ3n) is 2.75. The van der Waals surface area contributed by atoms with Crippen LogP contribution in [0.1, 0.15) is 37.6 Å². The molecule has 0 aliphatic rings. The Morgan fingerprint density at radius 2 is 1.90 bits per heavy atom. The zero-order chi connectivity index (χ0) is 15.6. The van der Waals surface area contributed by atoms with Gasteiger partial charge in [-0.1, -0.05) is 20.8 Å². The van der Waals surface area contributed by atoms with Crippen molar-refractivity contribution in [3.8, 4) is 0 Å². The number of primary amides is 1. The molecule has 0 atom stereocenters. The summed E-state index contributed by atoms with van der Waals surface area (Å²) in [6, 6.07) is 3.90. The highest BCUT2D eigenvalue weighted by atomic mass is 32.2. The van der Waals surface area contributed by atoms with Crippen molar-refractivity contribution in [3.05, 3.63) is 23.8 Å². The molecule has 0 heterocycles. The van der Waals surface area contributed by atoms with Crippen LogP contribution < -0.4 is 16.2 Å². The molecule has 112 valence electrons. The second-order valence-corrected chi connectivity index (χ2v) is 7.56. The van der Waals surface area contributed by atoms with Gasteiger partial charge >= 0.3 is 0 Å². The molecule has 0 saturated carbocycles. The van der Waals surface area contributed by atoms with Gasteiger partial charge in [-0.3, -0.25) is 4.79 Å². The number of anilines is 1. The largest absolute Gasteiger partial charge is 0.398 e. The van der Waals surface area contributed by atoms with Crippen molar-refractivity contribution in [1.29, 1.82) is 0 Å². The second kappa shape index (κ2) is 5.80. The summed E-state index contributed by atoms with van der Waals surface area (Å²) < 4.78 is 26.7. The van der Waals surface area contributed by atoms with Gasteiger partial charge in [0.1, 0.15) is 4.90 Å². The highest BCUT2D eigenvalue weighted by Crippen LogP contribution is 2.21. The first-order valence-corrected chi connectivity index (χ1v) is 7.70. The summed E-state index contributed by atoms with van der Waals surface area (Å²) in [5.74, 6) is -0.652. The Morgan fingerprint density at radius 1 is 1.30 bits per heavy atom. The first kappa shape index (κ1) is 16.5. The molecule has 0 aliphatic carbocycles. The predicted molar refractivity (Wildman–Crippen MR) is 78.6 cm³/mol. The fourth-order valence-corrected chi connectivity index (χ4v) is 2.73. The molecule has 0 aliphatic heterocycles. The number of hydrogen-bond donors (Lipinski definition) is 3. The van der Waals surface area contributed by atoms with Gasteiger partial charge in [-0.2, -0.15) is 0 Å². The van der Waals surface area contributed by atoms with Crippen molar-refractivity contribution < 1.29 is 13.2 Å². The monoisotopic (exact) mass is 299 g/mol. The minimum atomic E-state index is -3.68. The van der Waals surface area contributed by atoms with Crippen LogP contribution >= 0.6 is 0 Å². The highest BCUT2D eigenvalue weighted by Gasteiger charge is 2.19. The van der Waals surface area contributed by atoms with E-state index in [1.165, 1.54) is 18.2 Å². The number of benzene rings is 1. The number of nitrogens with one attached hydrogen (secondary N) is 1. The lowest BCUT2D eigenvalue weighted by molar-refractivity contribution is 0.1000. The third-order valence-corrected chi connectivity index (χ3v) is 4.29. The lowest BCUT2D eigenvalue weighted by Gasteiger charge is -2.18. The summed E-state index contributed by atoms with van der Waals surface area (Å²) in [5.41, 5.74) is 11.0. The van der Waals surface area contributed by atoms with Gasteiger partial charge in [0.2, 0.25) is 15.9 Å². The Labute approximate surface area is 119 Å². The van der Waals surface area contributed by atoms with Gasteiger partial charge in [0, 0.05) is 12.1 Å². The Hall–Kier alpha value is -1.60. The highest BCUT2D eigenvalue weighted by molar-refractivity contribution is 7.89. The second-order valence-electron chi connectivity index (χ2n) is 5.83. The lowest BCUT2D eigenvalue weighted by Crippen LogP contribution is -2.28. The Kier molecular flexibility index (Phi) is 4.77. The van der Waals surface area contributed by atoms with E-state index in [9.17, 15) is 13.2 Å². The number of rotatable bonds is 5. The number of hydrogen-bond acceptors (Lipinski definition) is 4. The van der Waals surface area contributed by atoms with Gasteiger partial charge in [-0.25, -0.2) is 13.1 Å². The zero-order valence-corrected chi connectivity index (χ0v) is 12.8. The van der Waals surface area contributed by atoms with E-state index in [0.717, 1.165) is 0 Å². The van der Waals surface area contributed by atoms with Gasteiger partial charge in [-0.05, 0) is 30.0 Å². The molecule has 0 radical (unpaired) electrons. The molecule has 0 aromatic heterocycles. The smallest absolute Gasteiger partial charge is 0.248 e. The van der Waals surface area contributed by atoms with Crippen LogP contribution in [0.2, 0.25) is 0 Å². The van der Waals surface area contributed by atoms with Crippen molar-refractivity contribution in [3.63, 3.8) is 0 Å². The summed E-state index contributed by atoms with van der Waals surface area (Å²) >= 11 is 0. The normalized spacial score (nSPS) is 12.3. The quantitative estimate of drug-likeness (QED) is 0.705. The molecule has 1 aromatic rings. The van der Waals surface area contributed by atoms with Crippen LogP contribution in [-0.2, 0) is 10.0 Å². The van der Waals surface area contributed by atoms with Crippen LogP contribution in [-0.4, -0.2) is 20.9 Å². The van der Waals surface area contributed by atoms with Crippen molar-refractivity contribution in [2.24, 2.45) is 11.1 Å². The molecule has 1 amide bonds. The van der Waals surface area contributed by atoms with E-state index in [1.807, 2.05) is 20.8 Å². The minimum Gasteiger partial charge on any atom is -0.398 e. The zero-order valence-electron chi connectivity index (χ0n) is 11.9. The Balaban J connectivity index is 2.91. The molecule has 1 aromatic carbocycles. The number of nitrogen functional groups attached to an aromatic ring is 1. The first-order valence-electron chi connectivity index (χ1n) is 6.22. The van der Waals surface area contributed by atoms with Crippen molar-refractivity contribution in [1.82, 2.24) is 4.72 Å². The fourth-order valence-electron chi connectivity index (χ4n) is 1.58. The molecule has 0 spiro atoms. The van der Waals surface area contributed by atoms with E-state index in [-0.39, 0.29) is 21.6 Å². The van der Waals surface area contributed by atoms with Crippen LogP contribution in [0.15, 0.2) is 23.1 Å². The van der Waals surface area contributed by atoms with Crippen LogP contribution in [0.3, 0.4) is 0 Å². The molecule has 1 rings (SSSR count). The average molecular weight is 299 g/mol. The summed E-state index contributed by atoms with van der Waals surface area (Å²) in [7, 11) is -3.68. The lowest BCUT2D eigenvalue weighted by atomic mass is 9.93. The first-order chi connectivity index (χ1) is 9.03. The van der Waals surface area contributed by atoms with E-state index in [2.05, 4.69) is 4.72 Å². The van der Waals surface area contributed by atoms with Gasteiger partial charge in [0.15, 0.2) is 0 Å². The Bertz CT molecular complexity index is 604. The summed E-state index contributed by atoms with van der Waals surface area (Å²) in [5, 5.41) is 0. The summed E-state index contributed by atoms with van der Waals surface area (Å²) in [6.45, 7) is 6.40. The Morgan fingerprint density at radius 3 is 2.35 bits per heavy atom. The molecule has 6 nitrogen and oxygen atoms in total. The number of nitrogens with two attached hydrogens (primary N) is 2. The fraction of sp³-hybridized carbons (Fsp3) is 0.462. The third kappa shape index (κ3) is 4.50. The summed E-state index contributed by atoms with van der Waals surface area (Å²) in [6.07, 6.45) is 0.700. The average Bonchev–Trinajstić information content (AvgIpc) is 2.26. The van der Waals surface area contributed by atoms with E-state index in [0.29, 0.717) is 13.0 Å². The van der Waals surface area contributed by atoms with Crippen molar-refractivity contribution in [2.75, 3.05) is 12.3 Å². The van der Waals surface area contributed by atoms with Crippen molar-refractivity contribution >= 4 is 21.6 Å². The number of carbonyl (C=O) groups excluding carboxylic acids is 1. The maximum absolute atomic E-state index is 12.1. The van der Waals surface area contributed by atoms with E-state index in [4.69, 9.17) is 11.5 Å². The predicted octanol–water partition coefficient (Wildman–Crippen LogP) is 1.08. The van der Waals surface area contributed by atoms with E-state index >= 15 is 0 Å². The number of sulfonamides is 1. The molecular formula is C13H21N3O3S. The molecule has 20 heavy (non-hydrogen) atoms. The molecule has 5 N–H and O–H groups in total. The molecular weight excluding hydrogens is 278 g/mol. The van der Waals surface area contributed by atoms with Gasteiger partial charge in [-0.15, -0.1) is 0 Å². The molecule has 0 unspecified atom stereocenters. The minimum absolute atomic E-state index is 0.00422. The topological polar surface area (TPSA) is 115 Å². The SMILES string of the molecule is CC(C)(C)CCNS(=O)(=O)c1ccc(C(N)=O)cc1N. The van der Waals surface area contributed by atoms with Crippen LogP contribution in [0.4, 0.5) is 5.69 Å². The van der Waals surface area contributed by atoms with Gasteiger partial charge in [0.05, 0.1) is 5.69 Å². The summed E-state index contributed by atoms with van der Waals surface area (Å²) in [4.78, 5) is 11.0. The van der Waals surface area contributed by atoms with Crippen molar-refractivity contribution in [2.45, 2.75) is 32.1 Å². The van der Waals surface area contributed by atoms with Crippen LogP contribution in [0.25, 0.3) is 0 Å².